The van der Waals surface area contributed by atoms with Crippen molar-refractivity contribution in [2.45, 2.75) is 51.2 Å². The smallest absolute Gasteiger partial charge is 0.303 e. The molecule has 1 aliphatic rings. The van der Waals surface area contributed by atoms with Crippen LogP contribution in [0.4, 0.5) is 5.82 Å². The van der Waals surface area contributed by atoms with E-state index in [1.807, 2.05) is 36.4 Å². The zero-order valence-electron chi connectivity index (χ0n) is 23.7. The molecule has 0 radical (unpaired) electrons. The molecule has 3 heterocycles. The van der Waals surface area contributed by atoms with Gasteiger partial charge in [-0.05, 0) is 22.7 Å². The Bertz CT molecular complexity index is 1560. The van der Waals surface area contributed by atoms with E-state index in [1.54, 1.807) is 0 Å². The molecular weight excluding hydrogens is 578 g/mol. The first-order valence-corrected chi connectivity index (χ1v) is 14.0. The minimum Gasteiger partial charge on any atom is -0.463 e. The van der Waals surface area contributed by atoms with E-state index in [1.165, 1.54) is 31.7 Å². The minimum atomic E-state index is -1.11. The molecular formula is C30H30ClN5O7. The Morgan fingerprint density at radius 1 is 0.907 bits per heavy atom. The van der Waals surface area contributed by atoms with Gasteiger partial charge in [-0.25, -0.2) is 4.98 Å². The Morgan fingerprint density at radius 3 is 2.09 bits per heavy atom. The molecule has 0 amide bonds. The highest BCUT2D eigenvalue weighted by Gasteiger charge is 2.51. The third-order valence-electron chi connectivity index (χ3n) is 6.89. The van der Waals surface area contributed by atoms with E-state index < -0.39 is 42.4 Å². The molecule has 12 nitrogen and oxygen atoms in total. The molecule has 2 aromatic heterocycles. The number of carbonyl (C=O) groups excluding carboxylic acids is 3. The number of halogens is 1. The zero-order valence-corrected chi connectivity index (χ0v) is 24.4. The summed E-state index contributed by atoms with van der Waals surface area (Å²) in [5, 5.41) is 3.33. The van der Waals surface area contributed by atoms with E-state index in [2.05, 4.69) is 44.5 Å². The molecule has 2 aromatic carbocycles. The first kappa shape index (κ1) is 29.9. The number of aromatic nitrogens is 4. The van der Waals surface area contributed by atoms with Gasteiger partial charge in [0.25, 0.3) is 0 Å². The fourth-order valence-electron chi connectivity index (χ4n) is 5.11. The quantitative estimate of drug-likeness (QED) is 0.158. The number of anilines is 1. The second-order valence-corrected chi connectivity index (χ2v) is 10.3. The van der Waals surface area contributed by atoms with Crippen LogP contribution in [0, 0.1) is 0 Å². The van der Waals surface area contributed by atoms with E-state index >= 15 is 0 Å². The number of fused-ring (bicyclic) bond motifs is 1. The third kappa shape index (κ3) is 6.92. The summed E-state index contributed by atoms with van der Waals surface area (Å²) in [6.45, 7) is 3.92. The molecule has 1 fully saturated rings. The van der Waals surface area contributed by atoms with Gasteiger partial charge in [0, 0.05) is 33.2 Å². The first-order chi connectivity index (χ1) is 20.7. The molecule has 1 N–H and O–H groups in total. The predicted octanol–water partition coefficient (Wildman–Crippen LogP) is 4.05. The minimum absolute atomic E-state index is 0.00805. The largest absolute Gasteiger partial charge is 0.463 e. The highest BCUT2D eigenvalue weighted by molar-refractivity contribution is 6.28. The monoisotopic (exact) mass is 607 g/mol. The molecule has 224 valence electrons. The van der Waals surface area contributed by atoms with Gasteiger partial charge in [0.1, 0.15) is 12.7 Å². The van der Waals surface area contributed by atoms with Crippen molar-refractivity contribution in [3.63, 3.8) is 0 Å². The van der Waals surface area contributed by atoms with Crippen molar-refractivity contribution < 1.29 is 33.3 Å². The summed E-state index contributed by atoms with van der Waals surface area (Å²) in [5.74, 6) is -1.42. The molecule has 5 rings (SSSR count). The topological polar surface area (TPSA) is 144 Å². The number of hydrogen-bond donors (Lipinski definition) is 1. The summed E-state index contributed by atoms with van der Waals surface area (Å²) >= 11 is 6.38. The van der Waals surface area contributed by atoms with Crippen LogP contribution in [0.15, 0.2) is 67.0 Å². The van der Waals surface area contributed by atoms with E-state index in [0.717, 1.165) is 11.1 Å². The van der Waals surface area contributed by atoms with E-state index in [-0.39, 0.29) is 23.5 Å². The van der Waals surface area contributed by atoms with Crippen molar-refractivity contribution in [2.24, 2.45) is 0 Å². The molecule has 4 atom stereocenters. The Hall–Kier alpha value is -4.55. The highest BCUT2D eigenvalue weighted by Crippen LogP contribution is 2.37. The summed E-state index contributed by atoms with van der Waals surface area (Å²) in [6, 6.07) is 20.2. The fourth-order valence-corrected chi connectivity index (χ4v) is 5.28. The maximum atomic E-state index is 12.1. The molecule has 0 saturated carbocycles. The predicted molar refractivity (Wildman–Crippen MR) is 155 cm³/mol. The molecule has 4 aromatic rings. The normalized spacial score (nSPS) is 19.7. The van der Waals surface area contributed by atoms with Gasteiger partial charge >= 0.3 is 17.9 Å². The van der Waals surface area contributed by atoms with Crippen LogP contribution < -0.4 is 5.32 Å². The third-order valence-corrected chi connectivity index (χ3v) is 7.06. The molecule has 43 heavy (non-hydrogen) atoms. The summed E-state index contributed by atoms with van der Waals surface area (Å²) in [5.41, 5.74) is 2.90. The van der Waals surface area contributed by atoms with Crippen molar-refractivity contribution in [1.29, 1.82) is 0 Å². The lowest BCUT2D eigenvalue weighted by molar-refractivity contribution is -0.166. The fraction of sp³-hybridized carbons (Fsp3) is 0.333. The number of nitrogens with one attached hydrogen (secondary N) is 1. The second-order valence-electron chi connectivity index (χ2n) is 9.94. The standard InChI is InChI=1S/C30H30ClN5O7/c1-17(37)40-15-23-25(41-18(2)38)26(42-19(3)39)29(43-23)36-16-33-24-27(34-30(31)35-28(24)36)32-14-22(20-10-6-4-7-11-20)21-12-8-5-9-13-21/h4-13,16,22-23,25-26,29H,14-15H2,1-3H3,(H,32,34,35)/t23-,25-,26-,29-/m1/s1. The zero-order chi connectivity index (χ0) is 30.5. The highest BCUT2D eigenvalue weighted by atomic mass is 35.5. The van der Waals surface area contributed by atoms with Crippen molar-refractivity contribution in [1.82, 2.24) is 19.5 Å². The molecule has 13 heteroatoms. The molecule has 0 spiro atoms. The number of carbonyl (C=O) groups is 3. The van der Waals surface area contributed by atoms with Crippen molar-refractivity contribution in [3.05, 3.63) is 83.4 Å². The van der Waals surface area contributed by atoms with E-state index in [9.17, 15) is 14.4 Å². The average Bonchev–Trinajstić information content (AvgIpc) is 3.53. The number of imidazole rings is 1. The lowest BCUT2D eigenvalue weighted by Crippen LogP contribution is -2.40. The van der Waals surface area contributed by atoms with Crippen molar-refractivity contribution >= 4 is 46.5 Å². The van der Waals surface area contributed by atoms with Gasteiger partial charge in [0.05, 0.1) is 6.33 Å². The van der Waals surface area contributed by atoms with Crippen LogP contribution in [0.1, 0.15) is 44.0 Å². The van der Waals surface area contributed by atoms with Crippen LogP contribution in [0.25, 0.3) is 11.2 Å². The average molecular weight is 608 g/mol. The summed E-state index contributed by atoms with van der Waals surface area (Å²) in [4.78, 5) is 48.9. The van der Waals surface area contributed by atoms with E-state index in [4.69, 9.17) is 30.5 Å². The number of benzene rings is 2. The van der Waals surface area contributed by atoms with Gasteiger partial charge in [-0.1, -0.05) is 60.7 Å². The van der Waals surface area contributed by atoms with Gasteiger partial charge in [-0.15, -0.1) is 0 Å². The van der Waals surface area contributed by atoms with Crippen LogP contribution >= 0.6 is 11.6 Å². The first-order valence-electron chi connectivity index (χ1n) is 13.6. The molecule has 0 bridgehead atoms. The van der Waals surface area contributed by atoms with Gasteiger partial charge in [-0.2, -0.15) is 9.97 Å². The summed E-state index contributed by atoms with van der Waals surface area (Å²) in [7, 11) is 0. The maximum Gasteiger partial charge on any atom is 0.303 e. The van der Waals surface area contributed by atoms with E-state index in [0.29, 0.717) is 17.9 Å². The summed E-state index contributed by atoms with van der Waals surface area (Å²) < 4.78 is 23.8. The maximum absolute atomic E-state index is 12.1. The number of ether oxygens (including phenoxy) is 4. The Labute approximate surface area is 252 Å². The number of rotatable bonds is 10. The van der Waals surface area contributed by atoms with Gasteiger partial charge in [0.15, 0.2) is 35.4 Å². The lowest BCUT2D eigenvalue weighted by atomic mass is 9.91. The molecule has 1 aliphatic heterocycles. The Balaban J connectivity index is 1.49. The van der Waals surface area contributed by atoms with Crippen LogP contribution in [-0.4, -0.2) is 68.9 Å². The number of nitrogens with zero attached hydrogens (tertiary/aromatic N) is 4. The Morgan fingerprint density at radius 2 is 1.51 bits per heavy atom. The van der Waals surface area contributed by atoms with Crippen LogP contribution in [-0.2, 0) is 33.3 Å². The number of hydrogen-bond acceptors (Lipinski definition) is 11. The van der Waals surface area contributed by atoms with Crippen LogP contribution in [0.5, 0.6) is 0 Å². The molecule has 0 unspecified atom stereocenters. The second kappa shape index (κ2) is 13.2. The lowest BCUT2D eigenvalue weighted by Gasteiger charge is -2.23. The van der Waals surface area contributed by atoms with Gasteiger partial charge < -0.3 is 24.3 Å². The molecule has 1 saturated heterocycles. The number of esters is 3. The summed E-state index contributed by atoms with van der Waals surface area (Å²) in [6.07, 6.45) is -2.71. The van der Waals surface area contributed by atoms with Gasteiger partial charge in [0.2, 0.25) is 5.28 Å². The molecule has 0 aliphatic carbocycles. The van der Waals surface area contributed by atoms with Crippen molar-refractivity contribution in [2.75, 3.05) is 18.5 Å². The van der Waals surface area contributed by atoms with Crippen LogP contribution in [0.2, 0.25) is 5.28 Å². The van der Waals surface area contributed by atoms with Crippen molar-refractivity contribution in [3.8, 4) is 0 Å². The van der Waals surface area contributed by atoms with Crippen LogP contribution in [0.3, 0.4) is 0 Å². The Kier molecular flexibility index (Phi) is 9.17. The van der Waals surface area contributed by atoms with Gasteiger partial charge in [-0.3, -0.25) is 19.0 Å². The SMILES string of the molecule is CC(=O)OC[C@H]1O[C@@H](n2cnc3c(NCC(c4ccccc4)c4ccccc4)nc(Cl)nc32)[C@H](OC(C)=O)[C@@H]1OC(C)=O.